The van der Waals surface area contributed by atoms with Gasteiger partial charge in [-0.2, -0.15) is 0 Å². The van der Waals surface area contributed by atoms with Crippen molar-refractivity contribution in [2.24, 2.45) is 4.99 Å². The Morgan fingerprint density at radius 3 is 2.77 bits per heavy atom. The lowest BCUT2D eigenvalue weighted by Gasteiger charge is -2.02. The minimum atomic E-state index is -0.512. The number of furan rings is 1. The highest BCUT2D eigenvalue weighted by Gasteiger charge is 2.24. The van der Waals surface area contributed by atoms with Gasteiger partial charge in [0, 0.05) is 23.8 Å². The molecule has 1 fully saturated rings. The number of non-ortho nitro benzene ring substituents is 1. The first-order chi connectivity index (χ1) is 14.9. The number of amides is 1. The molecule has 0 radical (unpaired) electrons. The fourth-order valence-corrected chi connectivity index (χ4v) is 4.11. The summed E-state index contributed by atoms with van der Waals surface area (Å²) >= 11 is 7.40. The number of aryl methyl sites for hydroxylation is 1. The highest BCUT2D eigenvalue weighted by Crippen LogP contribution is 2.34. The van der Waals surface area contributed by atoms with Crippen molar-refractivity contribution < 1.29 is 14.1 Å². The molecule has 0 spiro atoms. The Morgan fingerprint density at radius 1 is 1.23 bits per heavy atom. The van der Waals surface area contributed by atoms with Crippen molar-refractivity contribution >= 4 is 51.9 Å². The lowest BCUT2D eigenvalue weighted by atomic mass is 10.1. The molecule has 0 saturated carbocycles. The number of aliphatic imine (C=N–C) groups is 1. The Kier molecular flexibility index (Phi) is 5.92. The molecule has 7 nitrogen and oxygen atoms in total. The minimum Gasteiger partial charge on any atom is -0.457 e. The number of carbonyl (C=O) groups is 1. The third-order valence-electron chi connectivity index (χ3n) is 4.57. The van der Waals surface area contributed by atoms with Crippen LogP contribution >= 0.6 is 23.4 Å². The van der Waals surface area contributed by atoms with Crippen LogP contribution in [0, 0.1) is 10.1 Å². The van der Waals surface area contributed by atoms with Crippen LogP contribution in [-0.4, -0.2) is 16.0 Å². The highest BCUT2D eigenvalue weighted by atomic mass is 35.5. The van der Waals surface area contributed by atoms with Gasteiger partial charge in [-0.25, -0.2) is 4.99 Å². The van der Waals surface area contributed by atoms with E-state index in [0.717, 1.165) is 17.7 Å². The molecule has 0 aliphatic carbocycles. The van der Waals surface area contributed by atoms with E-state index in [1.165, 1.54) is 30.0 Å². The standard InChI is InChI=1S/C22H16ClN3O4S/c1-2-13-5-3-4-6-18(13)24-22-25-21(27)20(31-22)12-15-8-10-19(30-15)16-9-7-14(26(28)29)11-17(16)23/h3-12H,2H2,1H3,(H,24,25,27)/b20-12+. The summed E-state index contributed by atoms with van der Waals surface area (Å²) in [5, 5.41) is 14.4. The summed E-state index contributed by atoms with van der Waals surface area (Å²) in [6.07, 6.45) is 2.46. The predicted molar refractivity (Wildman–Crippen MR) is 122 cm³/mol. The van der Waals surface area contributed by atoms with E-state index >= 15 is 0 Å². The van der Waals surface area contributed by atoms with Gasteiger partial charge in [0.25, 0.3) is 11.6 Å². The summed E-state index contributed by atoms with van der Waals surface area (Å²) < 4.78 is 5.79. The van der Waals surface area contributed by atoms with Gasteiger partial charge in [0.1, 0.15) is 11.5 Å². The van der Waals surface area contributed by atoms with E-state index in [1.54, 1.807) is 18.2 Å². The predicted octanol–water partition coefficient (Wildman–Crippen LogP) is 5.96. The second-order valence-corrected chi connectivity index (χ2v) is 8.03. The molecule has 1 aliphatic rings. The van der Waals surface area contributed by atoms with Gasteiger partial charge < -0.3 is 9.73 Å². The molecule has 156 valence electrons. The third kappa shape index (κ3) is 4.55. The first kappa shape index (κ1) is 20.9. The molecule has 3 aromatic rings. The van der Waals surface area contributed by atoms with Crippen LogP contribution in [0.3, 0.4) is 0 Å². The third-order valence-corrected chi connectivity index (χ3v) is 5.80. The molecule has 4 rings (SSSR count). The summed E-state index contributed by atoms with van der Waals surface area (Å²) in [6.45, 7) is 2.05. The molecule has 9 heteroatoms. The number of benzene rings is 2. The molecule has 1 aliphatic heterocycles. The average Bonchev–Trinajstić information content (AvgIpc) is 3.35. The van der Waals surface area contributed by atoms with Crippen LogP contribution in [0.4, 0.5) is 11.4 Å². The maximum atomic E-state index is 12.4. The van der Waals surface area contributed by atoms with Crippen LogP contribution in [0.25, 0.3) is 17.4 Å². The van der Waals surface area contributed by atoms with E-state index in [1.807, 2.05) is 24.3 Å². The molecule has 0 unspecified atom stereocenters. The normalized spacial score (nSPS) is 16.1. The van der Waals surface area contributed by atoms with Crippen molar-refractivity contribution in [2.75, 3.05) is 0 Å². The molecular weight excluding hydrogens is 438 g/mol. The lowest BCUT2D eigenvalue weighted by molar-refractivity contribution is -0.384. The second kappa shape index (κ2) is 8.79. The molecule has 0 atom stereocenters. The molecule has 0 bridgehead atoms. The molecule has 1 amide bonds. The van der Waals surface area contributed by atoms with E-state index in [2.05, 4.69) is 17.2 Å². The maximum absolute atomic E-state index is 12.4. The number of thioether (sulfide) groups is 1. The van der Waals surface area contributed by atoms with E-state index < -0.39 is 4.92 Å². The summed E-state index contributed by atoms with van der Waals surface area (Å²) in [7, 11) is 0. The molecule has 1 saturated heterocycles. The van der Waals surface area contributed by atoms with Gasteiger partial charge in [0.05, 0.1) is 20.5 Å². The van der Waals surface area contributed by atoms with E-state index in [0.29, 0.717) is 27.2 Å². The van der Waals surface area contributed by atoms with Crippen LogP contribution in [0.5, 0.6) is 0 Å². The smallest absolute Gasteiger partial charge is 0.270 e. The van der Waals surface area contributed by atoms with Crippen LogP contribution in [0.1, 0.15) is 18.2 Å². The Morgan fingerprint density at radius 2 is 2.03 bits per heavy atom. The van der Waals surface area contributed by atoms with Gasteiger partial charge in [-0.15, -0.1) is 0 Å². The van der Waals surface area contributed by atoms with Crippen molar-refractivity contribution in [2.45, 2.75) is 13.3 Å². The number of hydrogen-bond donors (Lipinski definition) is 1. The van der Waals surface area contributed by atoms with Gasteiger partial charge in [0.2, 0.25) is 0 Å². The van der Waals surface area contributed by atoms with Crippen LogP contribution in [0.15, 0.2) is 68.9 Å². The summed E-state index contributed by atoms with van der Waals surface area (Å²) in [5.74, 6) is 0.641. The summed E-state index contributed by atoms with van der Waals surface area (Å²) in [6, 6.07) is 15.3. The minimum absolute atomic E-state index is 0.0989. The van der Waals surface area contributed by atoms with E-state index in [-0.39, 0.29) is 16.6 Å². The number of nitro groups is 1. The second-order valence-electron chi connectivity index (χ2n) is 6.59. The zero-order chi connectivity index (χ0) is 22.0. The number of carbonyl (C=O) groups excluding carboxylic acids is 1. The first-order valence-electron chi connectivity index (χ1n) is 9.36. The van der Waals surface area contributed by atoms with Crippen LogP contribution < -0.4 is 5.32 Å². The fraction of sp³-hybridized carbons (Fsp3) is 0.0909. The van der Waals surface area contributed by atoms with Crippen molar-refractivity contribution in [3.05, 3.63) is 86.0 Å². The number of rotatable bonds is 5. The largest absolute Gasteiger partial charge is 0.457 e. The molecule has 31 heavy (non-hydrogen) atoms. The number of hydrogen-bond acceptors (Lipinski definition) is 6. The van der Waals surface area contributed by atoms with Gasteiger partial charge in [-0.05, 0) is 48.0 Å². The zero-order valence-corrected chi connectivity index (χ0v) is 17.9. The number of halogens is 1. The number of nitrogens with one attached hydrogen (secondary N) is 1. The molecule has 2 aromatic carbocycles. The lowest BCUT2D eigenvalue weighted by Crippen LogP contribution is -2.19. The van der Waals surface area contributed by atoms with Crippen LogP contribution in [0.2, 0.25) is 5.02 Å². The summed E-state index contributed by atoms with van der Waals surface area (Å²) in [5.41, 5.74) is 2.34. The Balaban J connectivity index is 1.56. The number of para-hydroxylation sites is 1. The number of nitro benzene ring substituents is 1. The Hall–Kier alpha value is -3.36. The quantitative estimate of drug-likeness (QED) is 0.292. The van der Waals surface area contributed by atoms with Crippen molar-refractivity contribution in [3.63, 3.8) is 0 Å². The fourth-order valence-electron chi connectivity index (χ4n) is 3.03. The number of nitrogens with zero attached hydrogens (tertiary/aromatic N) is 2. The zero-order valence-electron chi connectivity index (χ0n) is 16.3. The van der Waals surface area contributed by atoms with Crippen molar-refractivity contribution in [1.82, 2.24) is 5.32 Å². The van der Waals surface area contributed by atoms with Crippen molar-refractivity contribution in [1.29, 1.82) is 0 Å². The maximum Gasteiger partial charge on any atom is 0.270 e. The van der Waals surface area contributed by atoms with Gasteiger partial charge >= 0.3 is 0 Å². The molecule has 2 heterocycles. The van der Waals surface area contributed by atoms with E-state index in [9.17, 15) is 14.9 Å². The highest BCUT2D eigenvalue weighted by molar-refractivity contribution is 8.18. The van der Waals surface area contributed by atoms with Crippen molar-refractivity contribution in [3.8, 4) is 11.3 Å². The average molecular weight is 454 g/mol. The molecule has 1 N–H and O–H groups in total. The Labute approximate surface area is 187 Å². The monoisotopic (exact) mass is 453 g/mol. The topological polar surface area (TPSA) is 97.7 Å². The molecular formula is C22H16ClN3O4S. The molecule has 1 aromatic heterocycles. The van der Waals surface area contributed by atoms with Crippen LogP contribution in [-0.2, 0) is 11.2 Å². The first-order valence-corrected chi connectivity index (χ1v) is 10.6. The van der Waals surface area contributed by atoms with Gasteiger partial charge in [-0.1, -0.05) is 36.7 Å². The van der Waals surface area contributed by atoms with Gasteiger partial charge in [-0.3, -0.25) is 14.9 Å². The summed E-state index contributed by atoms with van der Waals surface area (Å²) in [4.78, 5) is 27.7. The SMILES string of the molecule is CCc1ccccc1N=C1NC(=O)/C(=C\c2ccc(-c3ccc([N+](=O)[O-])cc3Cl)o2)S1. The number of amidine groups is 1. The van der Waals surface area contributed by atoms with Gasteiger partial charge in [0.15, 0.2) is 5.17 Å². The Bertz CT molecular complexity index is 1250. The van der Waals surface area contributed by atoms with E-state index in [4.69, 9.17) is 16.0 Å².